The van der Waals surface area contributed by atoms with E-state index in [1.165, 1.54) is 27.8 Å². The highest BCUT2D eigenvalue weighted by molar-refractivity contribution is 7.84. The smallest absolute Gasteiger partial charge is 0.453 e. The van der Waals surface area contributed by atoms with Gasteiger partial charge in [-0.2, -0.15) is 22.0 Å². The van der Waals surface area contributed by atoms with Gasteiger partial charge < -0.3 is 10.1 Å². The van der Waals surface area contributed by atoms with Gasteiger partial charge >= 0.3 is 12.1 Å². The lowest BCUT2D eigenvalue weighted by molar-refractivity contribution is -0.284. The third-order valence-corrected chi connectivity index (χ3v) is 9.08. The van der Waals surface area contributed by atoms with E-state index < -0.39 is 35.7 Å². The van der Waals surface area contributed by atoms with Crippen molar-refractivity contribution in [2.45, 2.75) is 63.6 Å². The van der Waals surface area contributed by atoms with Crippen molar-refractivity contribution in [3.8, 4) is 5.75 Å². The third-order valence-electron chi connectivity index (χ3n) is 7.65. The van der Waals surface area contributed by atoms with Gasteiger partial charge in [-0.3, -0.25) is 4.21 Å². The van der Waals surface area contributed by atoms with Crippen LogP contribution in [0.5, 0.6) is 5.75 Å². The molecular formula is C34H38F5NO2S. The van der Waals surface area contributed by atoms with Crippen LogP contribution in [0.25, 0.3) is 11.1 Å². The Labute approximate surface area is 253 Å². The first kappa shape index (κ1) is 32.9. The Morgan fingerprint density at radius 1 is 0.860 bits per heavy atom. The van der Waals surface area contributed by atoms with Crippen LogP contribution in [0.15, 0.2) is 78.9 Å². The number of hydrogen-bond acceptors (Lipinski definition) is 3. The van der Waals surface area contributed by atoms with Crippen molar-refractivity contribution in [2.24, 2.45) is 0 Å². The van der Waals surface area contributed by atoms with E-state index in [4.69, 9.17) is 4.74 Å². The second-order valence-corrected chi connectivity index (χ2v) is 12.6. The Hall–Kier alpha value is -3.04. The van der Waals surface area contributed by atoms with Gasteiger partial charge in [0, 0.05) is 41.3 Å². The SMILES string of the molecule is CC(CCS(=O)CCCC(F)(F)C(F)(F)F)NCCOc1ccc(C2=C(c3ccccc3)CCCc3ccccc32)cc1. The standard InChI is InChI=1S/C34H38F5NO2S/c1-25(19-24-43(41)23-8-20-33(35,36)34(37,38)39)40-21-22-42-29-17-15-28(16-18-29)32-30-13-6-5-11-27(30)12-7-14-31(32)26-9-3-2-4-10-26/h2-6,9-11,13,15-18,25,40H,7-8,12,14,19-24H2,1H3. The number of aryl methyl sites for hydroxylation is 1. The second kappa shape index (κ2) is 15.1. The number of allylic oxidation sites excluding steroid dienone is 1. The van der Waals surface area contributed by atoms with E-state index >= 15 is 0 Å². The summed E-state index contributed by atoms with van der Waals surface area (Å²) in [5.74, 6) is -3.93. The molecule has 4 rings (SSSR count). The Morgan fingerprint density at radius 3 is 2.28 bits per heavy atom. The number of ether oxygens (including phenoxy) is 1. The lowest BCUT2D eigenvalue weighted by atomic mass is 9.88. The number of hydrogen-bond donors (Lipinski definition) is 1. The normalized spacial score (nSPS) is 15.5. The molecule has 0 aliphatic heterocycles. The summed E-state index contributed by atoms with van der Waals surface area (Å²) in [6.45, 7) is 2.87. The second-order valence-electron chi connectivity index (χ2n) is 10.9. The average Bonchev–Trinajstić information content (AvgIpc) is 3.18. The van der Waals surface area contributed by atoms with E-state index in [-0.39, 0.29) is 17.5 Å². The number of nitrogens with one attached hydrogen (secondary N) is 1. The van der Waals surface area contributed by atoms with E-state index in [1.807, 2.05) is 25.1 Å². The predicted molar refractivity (Wildman–Crippen MR) is 164 cm³/mol. The zero-order chi connectivity index (χ0) is 30.9. The summed E-state index contributed by atoms with van der Waals surface area (Å²) >= 11 is 0. The molecule has 3 aromatic rings. The molecule has 0 saturated heterocycles. The lowest BCUT2D eigenvalue weighted by Gasteiger charge is -2.19. The summed E-state index contributed by atoms with van der Waals surface area (Å²) in [6, 6.07) is 27.3. The Kier molecular flexibility index (Phi) is 11.5. The molecule has 232 valence electrons. The van der Waals surface area contributed by atoms with Gasteiger partial charge in [0.25, 0.3) is 0 Å². The molecule has 43 heavy (non-hydrogen) atoms. The zero-order valence-corrected chi connectivity index (χ0v) is 25.1. The minimum absolute atomic E-state index is 0.00908. The number of benzene rings is 3. The Bertz CT molecular complexity index is 1370. The van der Waals surface area contributed by atoms with Crippen LogP contribution < -0.4 is 10.1 Å². The lowest BCUT2D eigenvalue weighted by Crippen LogP contribution is -2.36. The molecule has 9 heteroatoms. The summed E-state index contributed by atoms with van der Waals surface area (Å²) in [4.78, 5) is 0. The minimum Gasteiger partial charge on any atom is -0.492 e. The van der Waals surface area contributed by atoms with Crippen molar-refractivity contribution in [1.29, 1.82) is 0 Å². The molecule has 2 unspecified atom stereocenters. The highest BCUT2D eigenvalue weighted by Gasteiger charge is 2.56. The monoisotopic (exact) mass is 619 g/mol. The van der Waals surface area contributed by atoms with Crippen molar-refractivity contribution < 1.29 is 30.9 Å². The minimum atomic E-state index is -5.57. The molecule has 0 fully saturated rings. The van der Waals surface area contributed by atoms with Crippen molar-refractivity contribution >= 4 is 21.9 Å². The number of rotatable bonds is 14. The Morgan fingerprint density at radius 2 is 1.56 bits per heavy atom. The maximum absolute atomic E-state index is 13.0. The highest BCUT2D eigenvalue weighted by Crippen LogP contribution is 2.40. The molecule has 0 amide bonds. The first-order valence-corrected chi connectivity index (χ1v) is 16.2. The van der Waals surface area contributed by atoms with Crippen LogP contribution >= 0.6 is 0 Å². The van der Waals surface area contributed by atoms with Gasteiger partial charge in [0.1, 0.15) is 12.4 Å². The van der Waals surface area contributed by atoms with Gasteiger partial charge in [-0.05, 0) is 84.6 Å². The molecule has 1 aliphatic rings. The van der Waals surface area contributed by atoms with Gasteiger partial charge in [0.05, 0.1) is 0 Å². The van der Waals surface area contributed by atoms with E-state index in [1.54, 1.807) is 0 Å². The fraction of sp³-hybridized carbons (Fsp3) is 0.412. The van der Waals surface area contributed by atoms with Crippen LogP contribution in [0.1, 0.15) is 61.3 Å². The summed E-state index contributed by atoms with van der Waals surface area (Å²) in [6.07, 6.45) is -3.71. The summed E-state index contributed by atoms with van der Waals surface area (Å²) in [7, 11) is -1.45. The van der Waals surface area contributed by atoms with Crippen LogP contribution in [-0.2, 0) is 17.2 Å². The summed E-state index contributed by atoms with van der Waals surface area (Å²) in [5.41, 5.74) is 7.61. The third kappa shape index (κ3) is 9.22. The summed E-state index contributed by atoms with van der Waals surface area (Å²) < 4.78 is 80.7. The van der Waals surface area contributed by atoms with Crippen molar-refractivity contribution in [3.05, 3.63) is 101 Å². The van der Waals surface area contributed by atoms with Crippen LogP contribution in [0.2, 0.25) is 0 Å². The molecule has 3 aromatic carbocycles. The predicted octanol–water partition coefficient (Wildman–Crippen LogP) is 8.46. The van der Waals surface area contributed by atoms with Crippen LogP contribution in [-0.4, -0.2) is 47.0 Å². The summed E-state index contributed by atoms with van der Waals surface area (Å²) in [5, 5.41) is 3.28. The number of halogens is 5. The van der Waals surface area contributed by atoms with Gasteiger partial charge in [0.2, 0.25) is 0 Å². The van der Waals surface area contributed by atoms with E-state index in [0.29, 0.717) is 19.6 Å². The van der Waals surface area contributed by atoms with Gasteiger partial charge in [-0.15, -0.1) is 0 Å². The first-order valence-electron chi connectivity index (χ1n) is 14.7. The van der Waals surface area contributed by atoms with Gasteiger partial charge in [0.15, 0.2) is 0 Å². The topological polar surface area (TPSA) is 38.3 Å². The number of alkyl halides is 5. The quantitative estimate of drug-likeness (QED) is 0.145. The fourth-order valence-corrected chi connectivity index (χ4v) is 6.57. The van der Waals surface area contributed by atoms with Gasteiger partial charge in [-0.1, -0.05) is 66.7 Å². The van der Waals surface area contributed by atoms with Crippen LogP contribution in [0, 0.1) is 0 Å². The maximum Gasteiger partial charge on any atom is 0.453 e. The molecule has 0 heterocycles. The molecular weight excluding hydrogens is 581 g/mol. The molecule has 0 saturated carbocycles. The fourth-order valence-electron chi connectivity index (χ4n) is 5.28. The first-order chi connectivity index (χ1) is 20.5. The van der Waals surface area contributed by atoms with Crippen molar-refractivity contribution in [3.63, 3.8) is 0 Å². The van der Waals surface area contributed by atoms with Crippen LogP contribution in [0.4, 0.5) is 22.0 Å². The van der Waals surface area contributed by atoms with Crippen molar-refractivity contribution in [2.75, 3.05) is 24.7 Å². The Balaban J connectivity index is 1.27. The molecule has 0 radical (unpaired) electrons. The number of fused-ring (bicyclic) bond motifs is 1. The van der Waals surface area contributed by atoms with Crippen LogP contribution in [0.3, 0.4) is 0 Å². The van der Waals surface area contributed by atoms with E-state index in [9.17, 15) is 26.2 Å². The van der Waals surface area contributed by atoms with E-state index in [2.05, 4.69) is 66.0 Å². The highest BCUT2D eigenvalue weighted by atomic mass is 32.2. The molecule has 3 nitrogen and oxygen atoms in total. The molecule has 0 spiro atoms. The molecule has 0 bridgehead atoms. The molecule has 0 aromatic heterocycles. The molecule has 1 aliphatic carbocycles. The molecule has 2 atom stereocenters. The van der Waals surface area contributed by atoms with Gasteiger partial charge in [-0.25, -0.2) is 0 Å². The van der Waals surface area contributed by atoms with Crippen molar-refractivity contribution in [1.82, 2.24) is 5.32 Å². The average molecular weight is 620 g/mol. The zero-order valence-electron chi connectivity index (χ0n) is 24.3. The maximum atomic E-state index is 13.0. The largest absolute Gasteiger partial charge is 0.492 e. The van der Waals surface area contributed by atoms with E-state index in [0.717, 1.165) is 30.6 Å². The molecule has 1 N–H and O–H groups in total.